The summed E-state index contributed by atoms with van der Waals surface area (Å²) in [6, 6.07) is 13.9. The number of rotatable bonds is 7. The van der Waals surface area contributed by atoms with E-state index in [0.29, 0.717) is 18.0 Å². The Kier molecular flexibility index (Phi) is 5.71. The number of carbonyl (C=O) groups is 1. The maximum absolute atomic E-state index is 12.9. The van der Waals surface area contributed by atoms with Gasteiger partial charge >= 0.3 is 5.97 Å². The minimum Gasteiger partial charge on any atom is -0.486 e. The average molecular weight is 364 g/mol. The Balaban J connectivity index is 2.10. The monoisotopic (exact) mass is 364 g/mol. The Morgan fingerprint density at radius 2 is 1.93 bits per heavy atom. The highest BCUT2D eigenvalue weighted by Gasteiger charge is 2.16. The number of hydrogen-bond acceptors (Lipinski definition) is 4. The fourth-order valence-corrected chi connectivity index (χ4v) is 2.63. The molecule has 0 saturated heterocycles. The SMILES string of the molecule is CCCCOc1c(C=Cc2ccccc2)oc2ccc(C(=O)O)cc2c1=O. The summed E-state index contributed by atoms with van der Waals surface area (Å²) in [6.07, 6.45) is 5.26. The zero-order valence-electron chi connectivity index (χ0n) is 15.0. The molecular weight excluding hydrogens is 344 g/mol. The minimum absolute atomic E-state index is 0.0295. The first-order valence-corrected chi connectivity index (χ1v) is 8.80. The summed E-state index contributed by atoms with van der Waals surface area (Å²) < 4.78 is 11.6. The number of fused-ring (bicyclic) bond motifs is 1. The molecule has 5 nitrogen and oxygen atoms in total. The Labute approximate surface area is 156 Å². The van der Waals surface area contributed by atoms with Crippen molar-refractivity contribution in [3.05, 3.63) is 75.6 Å². The van der Waals surface area contributed by atoms with Crippen LogP contribution in [0.2, 0.25) is 0 Å². The molecule has 2 aromatic carbocycles. The maximum Gasteiger partial charge on any atom is 0.335 e. The predicted octanol–water partition coefficient (Wildman–Crippen LogP) is 4.84. The second-order valence-electron chi connectivity index (χ2n) is 6.09. The van der Waals surface area contributed by atoms with E-state index in [1.165, 1.54) is 18.2 Å². The van der Waals surface area contributed by atoms with Crippen molar-refractivity contribution < 1.29 is 19.1 Å². The van der Waals surface area contributed by atoms with Gasteiger partial charge in [-0.1, -0.05) is 49.8 Å². The molecule has 138 valence electrons. The largest absolute Gasteiger partial charge is 0.486 e. The number of aromatic carboxylic acids is 1. The molecule has 0 atom stereocenters. The third kappa shape index (κ3) is 4.26. The molecular formula is C22H20O5. The van der Waals surface area contributed by atoms with Gasteiger partial charge in [0.05, 0.1) is 17.6 Å². The zero-order valence-corrected chi connectivity index (χ0v) is 15.0. The number of ether oxygens (including phenoxy) is 1. The van der Waals surface area contributed by atoms with Gasteiger partial charge in [0.2, 0.25) is 11.2 Å². The Bertz CT molecular complexity index is 1030. The molecule has 0 radical (unpaired) electrons. The van der Waals surface area contributed by atoms with Crippen LogP contribution in [0.25, 0.3) is 23.1 Å². The van der Waals surface area contributed by atoms with Gasteiger partial charge in [0.1, 0.15) is 5.58 Å². The Morgan fingerprint density at radius 3 is 2.63 bits per heavy atom. The highest BCUT2D eigenvalue weighted by Crippen LogP contribution is 2.24. The van der Waals surface area contributed by atoms with Crippen LogP contribution in [0.1, 0.15) is 41.4 Å². The summed E-state index contributed by atoms with van der Waals surface area (Å²) in [6.45, 7) is 2.42. The van der Waals surface area contributed by atoms with E-state index < -0.39 is 5.97 Å². The molecule has 5 heteroatoms. The third-order valence-corrected chi connectivity index (χ3v) is 4.09. The third-order valence-electron chi connectivity index (χ3n) is 4.09. The summed E-state index contributed by atoms with van der Waals surface area (Å²) in [7, 11) is 0. The van der Waals surface area contributed by atoms with Crippen molar-refractivity contribution in [2.45, 2.75) is 19.8 Å². The van der Waals surface area contributed by atoms with Crippen LogP contribution in [0.4, 0.5) is 0 Å². The van der Waals surface area contributed by atoms with Crippen molar-refractivity contribution in [1.29, 1.82) is 0 Å². The van der Waals surface area contributed by atoms with E-state index in [2.05, 4.69) is 0 Å². The van der Waals surface area contributed by atoms with E-state index in [1.807, 2.05) is 43.3 Å². The smallest absolute Gasteiger partial charge is 0.335 e. The van der Waals surface area contributed by atoms with Gasteiger partial charge in [-0.3, -0.25) is 4.79 Å². The highest BCUT2D eigenvalue weighted by molar-refractivity contribution is 5.93. The van der Waals surface area contributed by atoms with E-state index in [0.717, 1.165) is 18.4 Å². The van der Waals surface area contributed by atoms with Gasteiger partial charge in [0.25, 0.3) is 0 Å². The molecule has 3 aromatic rings. The van der Waals surface area contributed by atoms with Crippen molar-refractivity contribution in [2.24, 2.45) is 0 Å². The van der Waals surface area contributed by atoms with Crippen molar-refractivity contribution >= 4 is 29.1 Å². The van der Waals surface area contributed by atoms with E-state index in [-0.39, 0.29) is 22.1 Å². The van der Waals surface area contributed by atoms with Crippen LogP contribution in [-0.2, 0) is 0 Å². The molecule has 27 heavy (non-hydrogen) atoms. The quantitative estimate of drug-likeness (QED) is 0.607. The number of unbranched alkanes of at least 4 members (excludes halogenated alkanes) is 1. The van der Waals surface area contributed by atoms with Gasteiger partial charge in [-0.2, -0.15) is 0 Å². The molecule has 0 aliphatic heterocycles. The minimum atomic E-state index is -1.10. The predicted molar refractivity (Wildman–Crippen MR) is 105 cm³/mol. The molecule has 1 N–H and O–H groups in total. The molecule has 0 amide bonds. The van der Waals surface area contributed by atoms with Gasteiger partial charge in [-0.25, -0.2) is 4.79 Å². The molecule has 1 heterocycles. The Hall–Kier alpha value is -3.34. The van der Waals surface area contributed by atoms with Gasteiger partial charge in [0.15, 0.2) is 5.76 Å². The summed E-state index contributed by atoms with van der Waals surface area (Å²) >= 11 is 0. The van der Waals surface area contributed by atoms with Gasteiger partial charge in [-0.05, 0) is 36.3 Å². The van der Waals surface area contributed by atoms with Crippen molar-refractivity contribution in [3.63, 3.8) is 0 Å². The van der Waals surface area contributed by atoms with Crippen LogP contribution in [0.5, 0.6) is 5.75 Å². The topological polar surface area (TPSA) is 76.7 Å². The molecule has 1 aromatic heterocycles. The number of benzene rings is 2. The van der Waals surface area contributed by atoms with Gasteiger partial charge in [-0.15, -0.1) is 0 Å². The van der Waals surface area contributed by atoms with Crippen molar-refractivity contribution in [2.75, 3.05) is 6.61 Å². The average Bonchev–Trinajstić information content (AvgIpc) is 2.69. The summed E-state index contributed by atoms with van der Waals surface area (Å²) in [5, 5.41) is 9.36. The molecule has 0 saturated carbocycles. The fourth-order valence-electron chi connectivity index (χ4n) is 2.63. The lowest BCUT2D eigenvalue weighted by molar-refractivity contribution is 0.0697. The van der Waals surface area contributed by atoms with E-state index in [9.17, 15) is 9.59 Å². The lowest BCUT2D eigenvalue weighted by atomic mass is 10.1. The van der Waals surface area contributed by atoms with Crippen LogP contribution >= 0.6 is 0 Å². The fraction of sp³-hybridized carbons (Fsp3) is 0.182. The standard InChI is InChI=1S/C22H20O5/c1-2-3-13-26-21-19(11-9-15-7-5-4-6-8-15)27-18-12-10-16(22(24)25)14-17(18)20(21)23/h4-12,14H,2-3,13H2,1H3,(H,24,25). The van der Waals surface area contributed by atoms with Crippen LogP contribution in [0.15, 0.2) is 57.7 Å². The van der Waals surface area contributed by atoms with Gasteiger partial charge < -0.3 is 14.3 Å². The molecule has 0 unspecified atom stereocenters. The summed E-state index contributed by atoms with van der Waals surface area (Å²) in [5.74, 6) is -0.681. The maximum atomic E-state index is 12.9. The lowest BCUT2D eigenvalue weighted by Crippen LogP contribution is -2.12. The highest BCUT2D eigenvalue weighted by atomic mass is 16.5. The molecule has 0 fully saturated rings. The first kappa shape index (κ1) is 18.5. The molecule has 0 bridgehead atoms. The number of carboxylic acids is 1. The second kappa shape index (κ2) is 8.36. The second-order valence-corrected chi connectivity index (χ2v) is 6.09. The Morgan fingerprint density at radius 1 is 1.15 bits per heavy atom. The normalized spacial score (nSPS) is 11.1. The summed E-state index contributed by atoms with van der Waals surface area (Å²) in [4.78, 5) is 24.1. The van der Waals surface area contributed by atoms with Gasteiger partial charge in [0, 0.05) is 0 Å². The molecule has 0 aliphatic rings. The lowest BCUT2D eigenvalue weighted by Gasteiger charge is -2.09. The first-order valence-electron chi connectivity index (χ1n) is 8.80. The van der Waals surface area contributed by atoms with Crippen LogP contribution < -0.4 is 10.2 Å². The first-order chi connectivity index (χ1) is 13.1. The van der Waals surface area contributed by atoms with E-state index in [4.69, 9.17) is 14.3 Å². The van der Waals surface area contributed by atoms with Crippen LogP contribution in [-0.4, -0.2) is 17.7 Å². The van der Waals surface area contributed by atoms with Crippen LogP contribution in [0.3, 0.4) is 0 Å². The van der Waals surface area contributed by atoms with Crippen LogP contribution in [0, 0.1) is 0 Å². The number of carboxylic acid groups (broad SMARTS) is 1. The zero-order chi connectivity index (χ0) is 19.2. The molecule has 0 spiro atoms. The summed E-state index contributed by atoms with van der Waals surface area (Å²) in [5.41, 5.74) is 0.937. The number of hydrogen-bond donors (Lipinski definition) is 1. The van der Waals surface area contributed by atoms with E-state index in [1.54, 1.807) is 6.08 Å². The van der Waals surface area contributed by atoms with Crippen molar-refractivity contribution in [3.8, 4) is 5.75 Å². The molecule has 0 aliphatic carbocycles. The molecule has 3 rings (SSSR count). The van der Waals surface area contributed by atoms with E-state index >= 15 is 0 Å². The van der Waals surface area contributed by atoms with Crippen molar-refractivity contribution in [1.82, 2.24) is 0 Å².